The van der Waals surface area contributed by atoms with Crippen molar-refractivity contribution in [2.45, 2.75) is 17.7 Å². The van der Waals surface area contributed by atoms with Crippen molar-refractivity contribution >= 4 is 33.2 Å². The van der Waals surface area contributed by atoms with Crippen LogP contribution in [0.15, 0.2) is 77.7 Å². The van der Waals surface area contributed by atoms with Crippen LogP contribution in [0.25, 0.3) is 0 Å². The molecule has 3 N–H and O–H groups in total. The molecule has 178 valence electrons. The summed E-state index contributed by atoms with van der Waals surface area (Å²) >= 11 is 0. The second-order valence-corrected chi connectivity index (χ2v) is 8.97. The van der Waals surface area contributed by atoms with Crippen molar-refractivity contribution in [3.63, 3.8) is 0 Å². The fourth-order valence-electron chi connectivity index (χ4n) is 3.07. The summed E-state index contributed by atoms with van der Waals surface area (Å²) < 4.78 is 46.0. The van der Waals surface area contributed by atoms with E-state index in [0.717, 1.165) is 29.8 Å². The van der Waals surface area contributed by atoms with Crippen molar-refractivity contribution in [1.82, 2.24) is 5.32 Å². The molecule has 0 saturated heterocycles. The van der Waals surface area contributed by atoms with E-state index >= 15 is 0 Å². The molecular formula is C24H24FN3O5S. The van der Waals surface area contributed by atoms with Gasteiger partial charge < -0.3 is 15.4 Å². The standard InChI is InChI=1S/C24H24FN3O5S/c1-33-22-12-9-19(16-21(22)28-34(31,32)20-10-7-18(25)8-11-20)27-23(29)13-14-26-24(30)15-17-5-3-2-4-6-17/h2-12,16,28H,13-15H2,1H3,(H,26,30)(H,27,29). The molecule has 0 bridgehead atoms. The molecule has 10 heteroatoms. The van der Waals surface area contributed by atoms with Crippen molar-refractivity contribution in [3.05, 3.63) is 84.2 Å². The first-order valence-corrected chi connectivity index (χ1v) is 11.8. The number of rotatable bonds is 10. The van der Waals surface area contributed by atoms with Crippen LogP contribution >= 0.6 is 0 Å². The zero-order valence-electron chi connectivity index (χ0n) is 18.4. The van der Waals surface area contributed by atoms with Gasteiger partial charge in [-0.3, -0.25) is 14.3 Å². The van der Waals surface area contributed by atoms with Gasteiger partial charge in [-0.2, -0.15) is 0 Å². The molecule has 0 heterocycles. The molecule has 8 nitrogen and oxygen atoms in total. The van der Waals surface area contributed by atoms with Crippen molar-refractivity contribution in [2.24, 2.45) is 0 Å². The van der Waals surface area contributed by atoms with Crippen LogP contribution in [0.3, 0.4) is 0 Å². The van der Waals surface area contributed by atoms with Crippen LogP contribution < -0.4 is 20.1 Å². The minimum absolute atomic E-state index is 0.0310. The third-order valence-corrected chi connectivity index (χ3v) is 6.11. The normalized spacial score (nSPS) is 10.9. The molecule has 3 aromatic carbocycles. The zero-order chi connectivity index (χ0) is 24.6. The first-order chi connectivity index (χ1) is 16.3. The number of carbonyl (C=O) groups excluding carboxylic acids is 2. The highest BCUT2D eigenvalue weighted by Crippen LogP contribution is 2.30. The molecule has 0 spiro atoms. The predicted octanol–water partition coefficient (Wildman–Crippen LogP) is 3.32. The Morgan fingerprint density at radius 2 is 1.65 bits per heavy atom. The molecule has 3 aromatic rings. The number of anilines is 2. The Bertz CT molecular complexity index is 1250. The van der Waals surface area contributed by atoms with Gasteiger partial charge in [0.05, 0.1) is 24.1 Å². The van der Waals surface area contributed by atoms with Crippen LogP contribution in [0.5, 0.6) is 5.75 Å². The third kappa shape index (κ3) is 7.04. The highest BCUT2D eigenvalue weighted by molar-refractivity contribution is 7.92. The van der Waals surface area contributed by atoms with E-state index in [4.69, 9.17) is 4.74 Å². The van der Waals surface area contributed by atoms with Crippen LogP contribution in [0.1, 0.15) is 12.0 Å². The van der Waals surface area contributed by atoms with Crippen LogP contribution in [-0.4, -0.2) is 33.9 Å². The first-order valence-electron chi connectivity index (χ1n) is 10.3. The molecule has 0 atom stereocenters. The van der Waals surface area contributed by atoms with Crippen LogP contribution in [0.4, 0.5) is 15.8 Å². The van der Waals surface area contributed by atoms with Gasteiger partial charge in [0, 0.05) is 18.7 Å². The number of amides is 2. The molecule has 0 saturated carbocycles. The van der Waals surface area contributed by atoms with Crippen molar-refractivity contribution < 1.29 is 27.1 Å². The van der Waals surface area contributed by atoms with E-state index in [1.54, 1.807) is 6.07 Å². The van der Waals surface area contributed by atoms with Gasteiger partial charge in [0.15, 0.2) is 0 Å². The molecule has 0 aromatic heterocycles. The summed E-state index contributed by atoms with van der Waals surface area (Å²) in [6, 6.07) is 18.1. The third-order valence-electron chi connectivity index (χ3n) is 4.73. The number of hydrogen-bond acceptors (Lipinski definition) is 5. The number of methoxy groups -OCH3 is 1. The highest BCUT2D eigenvalue weighted by Gasteiger charge is 2.17. The molecule has 0 unspecified atom stereocenters. The van der Waals surface area contributed by atoms with E-state index in [1.165, 1.54) is 19.2 Å². The molecule has 0 fully saturated rings. The lowest BCUT2D eigenvalue weighted by Gasteiger charge is -2.14. The first kappa shape index (κ1) is 24.7. The number of ether oxygens (including phenoxy) is 1. The van der Waals surface area contributed by atoms with Gasteiger partial charge in [-0.25, -0.2) is 12.8 Å². The van der Waals surface area contributed by atoms with Gasteiger partial charge in [-0.1, -0.05) is 30.3 Å². The lowest BCUT2D eigenvalue weighted by molar-refractivity contribution is -0.120. The summed E-state index contributed by atoms with van der Waals surface area (Å²) in [5.41, 5.74) is 1.30. The second-order valence-electron chi connectivity index (χ2n) is 7.28. The number of benzene rings is 3. The topological polar surface area (TPSA) is 114 Å². The van der Waals surface area contributed by atoms with E-state index in [-0.39, 0.29) is 47.5 Å². The van der Waals surface area contributed by atoms with Crippen LogP contribution in [0, 0.1) is 5.82 Å². The van der Waals surface area contributed by atoms with Gasteiger partial charge in [0.2, 0.25) is 11.8 Å². The smallest absolute Gasteiger partial charge is 0.262 e. The zero-order valence-corrected chi connectivity index (χ0v) is 19.2. The van der Waals surface area contributed by atoms with E-state index in [1.807, 2.05) is 30.3 Å². The molecule has 34 heavy (non-hydrogen) atoms. The number of halogens is 1. The summed E-state index contributed by atoms with van der Waals surface area (Å²) in [5, 5.41) is 5.35. The van der Waals surface area contributed by atoms with Crippen molar-refractivity contribution in [1.29, 1.82) is 0 Å². The van der Waals surface area contributed by atoms with Gasteiger partial charge in [-0.15, -0.1) is 0 Å². The molecule has 3 rings (SSSR count). The van der Waals surface area contributed by atoms with E-state index in [2.05, 4.69) is 15.4 Å². The van der Waals surface area contributed by atoms with Gasteiger partial charge in [0.25, 0.3) is 10.0 Å². The SMILES string of the molecule is COc1ccc(NC(=O)CCNC(=O)Cc2ccccc2)cc1NS(=O)(=O)c1ccc(F)cc1. The Labute approximate surface area is 197 Å². The largest absolute Gasteiger partial charge is 0.495 e. The lowest BCUT2D eigenvalue weighted by atomic mass is 10.1. The van der Waals surface area contributed by atoms with Crippen LogP contribution in [-0.2, 0) is 26.0 Å². The van der Waals surface area contributed by atoms with E-state index in [0.29, 0.717) is 5.69 Å². The fraction of sp³-hybridized carbons (Fsp3) is 0.167. The molecule has 0 aliphatic carbocycles. The summed E-state index contributed by atoms with van der Waals surface area (Å²) in [5.74, 6) is -0.882. The molecular weight excluding hydrogens is 461 g/mol. The van der Waals surface area contributed by atoms with E-state index in [9.17, 15) is 22.4 Å². The summed E-state index contributed by atoms with van der Waals surface area (Å²) in [4.78, 5) is 24.2. The predicted molar refractivity (Wildman–Crippen MR) is 127 cm³/mol. The Morgan fingerprint density at radius 3 is 2.32 bits per heavy atom. The Hall–Kier alpha value is -3.92. The maximum atomic E-state index is 13.1. The Kier molecular flexibility index (Phi) is 8.20. The van der Waals surface area contributed by atoms with Crippen molar-refractivity contribution in [3.8, 4) is 5.75 Å². The molecule has 0 aliphatic rings. The van der Waals surface area contributed by atoms with Gasteiger partial charge >= 0.3 is 0 Å². The Morgan fingerprint density at radius 1 is 0.941 bits per heavy atom. The minimum atomic E-state index is -4.01. The number of nitrogens with one attached hydrogen (secondary N) is 3. The van der Waals surface area contributed by atoms with Gasteiger partial charge in [0.1, 0.15) is 11.6 Å². The molecule has 2 amide bonds. The maximum absolute atomic E-state index is 13.1. The van der Waals surface area contributed by atoms with E-state index < -0.39 is 15.8 Å². The minimum Gasteiger partial charge on any atom is -0.495 e. The average Bonchev–Trinajstić information content (AvgIpc) is 2.80. The maximum Gasteiger partial charge on any atom is 0.262 e. The number of carbonyl (C=O) groups is 2. The lowest BCUT2D eigenvalue weighted by Crippen LogP contribution is -2.28. The number of hydrogen-bond donors (Lipinski definition) is 3. The van der Waals surface area contributed by atoms with Crippen LogP contribution in [0.2, 0.25) is 0 Å². The summed E-state index contributed by atoms with van der Waals surface area (Å²) in [7, 11) is -2.64. The monoisotopic (exact) mass is 485 g/mol. The number of sulfonamides is 1. The molecule has 0 aliphatic heterocycles. The summed E-state index contributed by atoms with van der Waals surface area (Å²) in [6.07, 6.45) is 0.252. The second kappa shape index (κ2) is 11.3. The quantitative estimate of drug-likeness (QED) is 0.408. The average molecular weight is 486 g/mol. The Balaban J connectivity index is 1.58. The highest BCUT2D eigenvalue weighted by atomic mass is 32.2. The fourth-order valence-corrected chi connectivity index (χ4v) is 4.13. The molecule has 0 radical (unpaired) electrons. The van der Waals surface area contributed by atoms with Gasteiger partial charge in [-0.05, 0) is 48.0 Å². The summed E-state index contributed by atoms with van der Waals surface area (Å²) in [6.45, 7) is 0.151. The van der Waals surface area contributed by atoms with Crippen molar-refractivity contribution in [2.75, 3.05) is 23.7 Å².